The highest BCUT2D eigenvalue weighted by Crippen LogP contribution is 2.32. The molecule has 0 aliphatic heterocycles. The molecule has 0 saturated heterocycles. The maximum Gasteiger partial charge on any atom is 0.269 e. The maximum absolute atomic E-state index is 13.8. The first-order chi connectivity index (χ1) is 15.5. The Kier molecular flexibility index (Phi) is 6.37. The van der Waals surface area contributed by atoms with Gasteiger partial charge < -0.3 is 15.2 Å². The van der Waals surface area contributed by atoms with E-state index in [9.17, 15) is 19.5 Å². The highest BCUT2D eigenvalue weighted by atomic mass is 19.1. The molecule has 1 amide bonds. The van der Waals surface area contributed by atoms with Gasteiger partial charge in [-0.1, -0.05) is 12.1 Å². The Labute approximate surface area is 185 Å². The lowest BCUT2D eigenvalue weighted by Crippen LogP contribution is -2.33. The van der Waals surface area contributed by atoms with E-state index in [-0.39, 0.29) is 24.9 Å². The highest BCUT2D eigenvalue weighted by Gasteiger charge is 2.25. The fraction of sp³-hybridized carbons (Fsp3) is 0.280. The fourth-order valence-corrected chi connectivity index (χ4v) is 3.48. The van der Waals surface area contributed by atoms with E-state index >= 15 is 0 Å². The standard InChI is InChI=1S/C25H25FN2O4/c1-16-4-5-18(11-22(16)26)13-27-25(30)21-12-19(8-9-23(21)32-15-17-6-7-17)24-20(14-29)3-2-10-28(24)31/h2-5,8-12,17,29H,6-7,13-15H2,1H3,(H-,27,30,31)/p+1. The average Bonchev–Trinajstić information content (AvgIpc) is 3.62. The topological polar surface area (TPSA) is 82.7 Å². The van der Waals surface area contributed by atoms with Crippen molar-refractivity contribution in [3.63, 3.8) is 0 Å². The third kappa shape index (κ3) is 4.89. The van der Waals surface area contributed by atoms with Crippen LogP contribution in [0.4, 0.5) is 4.39 Å². The summed E-state index contributed by atoms with van der Waals surface area (Å²) in [4.78, 5) is 13.1. The minimum Gasteiger partial charge on any atom is -0.492 e. The van der Waals surface area contributed by atoms with Crippen LogP contribution in [0.25, 0.3) is 11.3 Å². The second-order valence-electron chi connectivity index (χ2n) is 8.12. The molecule has 32 heavy (non-hydrogen) atoms. The van der Waals surface area contributed by atoms with E-state index in [2.05, 4.69) is 5.32 Å². The van der Waals surface area contributed by atoms with Gasteiger partial charge in [0.25, 0.3) is 11.6 Å². The van der Waals surface area contributed by atoms with Gasteiger partial charge in [0.15, 0.2) is 0 Å². The van der Waals surface area contributed by atoms with E-state index in [1.807, 2.05) is 0 Å². The van der Waals surface area contributed by atoms with Crippen molar-refractivity contribution < 1.29 is 29.0 Å². The third-order valence-electron chi connectivity index (χ3n) is 5.59. The Hall–Kier alpha value is -3.45. The number of halogens is 1. The molecule has 2 aromatic carbocycles. The number of benzene rings is 2. The van der Waals surface area contributed by atoms with Crippen LogP contribution in [0.1, 0.15) is 39.9 Å². The monoisotopic (exact) mass is 437 g/mol. The maximum atomic E-state index is 13.8. The lowest BCUT2D eigenvalue weighted by Gasteiger charge is -2.13. The number of carbonyl (C=O) groups is 1. The molecule has 1 saturated carbocycles. The number of hydrogen-bond acceptors (Lipinski definition) is 4. The van der Waals surface area contributed by atoms with E-state index in [4.69, 9.17) is 4.74 Å². The number of hydrogen-bond donors (Lipinski definition) is 3. The first-order valence-electron chi connectivity index (χ1n) is 10.6. The lowest BCUT2D eigenvalue weighted by molar-refractivity contribution is -0.896. The Bertz CT molecular complexity index is 1140. The number of carbonyl (C=O) groups excluding carboxylic acids is 1. The molecule has 6 nitrogen and oxygen atoms in total. The second-order valence-corrected chi connectivity index (χ2v) is 8.12. The molecular weight excluding hydrogens is 411 g/mol. The first-order valence-corrected chi connectivity index (χ1v) is 10.6. The molecule has 3 aromatic rings. The van der Waals surface area contributed by atoms with Crippen LogP contribution in [0, 0.1) is 18.7 Å². The van der Waals surface area contributed by atoms with Crippen LogP contribution in [0.15, 0.2) is 54.7 Å². The predicted octanol–water partition coefficient (Wildman–Crippen LogP) is 3.54. The number of nitrogens with zero attached hydrogens (tertiary/aromatic N) is 1. The minimum absolute atomic E-state index is 0.162. The number of aliphatic hydroxyl groups is 1. The molecule has 1 heterocycles. The molecule has 1 fully saturated rings. The molecule has 1 aliphatic carbocycles. The zero-order chi connectivity index (χ0) is 22.7. The van der Waals surface area contributed by atoms with Gasteiger partial charge in [-0.05, 0) is 67.1 Å². The number of aromatic nitrogens is 1. The molecule has 1 aliphatic rings. The summed E-state index contributed by atoms with van der Waals surface area (Å²) in [5.41, 5.74) is 2.97. The van der Waals surface area contributed by atoms with Crippen LogP contribution in [-0.4, -0.2) is 22.8 Å². The van der Waals surface area contributed by atoms with Crippen LogP contribution in [0.2, 0.25) is 0 Å². The van der Waals surface area contributed by atoms with Crippen LogP contribution in [0.5, 0.6) is 5.75 Å². The third-order valence-corrected chi connectivity index (χ3v) is 5.59. The summed E-state index contributed by atoms with van der Waals surface area (Å²) in [6, 6.07) is 13.3. The fourth-order valence-electron chi connectivity index (χ4n) is 3.48. The van der Waals surface area contributed by atoms with Gasteiger partial charge in [-0.25, -0.2) is 4.39 Å². The van der Waals surface area contributed by atoms with Gasteiger partial charge in [-0.2, -0.15) is 0 Å². The van der Waals surface area contributed by atoms with Crippen LogP contribution in [0.3, 0.4) is 0 Å². The van der Waals surface area contributed by atoms with Gasteiger partial charge in [-0.3, -0.25) is 10.0 Å². The smallest absolute Gasteiger partial charge is 0.269 e. The van der Waals surface area contributed by atoms with E-state index in [0.717, 1.165) is 17.6 Å². The van der Waals surface area contributed by atoms with Gasteiger partial charge in [0.05, 0.1) is 29.9 Å². The van der Waals surface area contributed by atoms with E-state index in [1.54, 1.807) is 49.4 Å². The number of aliphatic hydroxyl groups excluding tert-OH is 1. The van der Waals surface area contributed by atoms with Crippen molar-refractivity contribution in [3.05, 3.63) is 82.8 Å². The Balaban J connectivity index is 1.63. The van der Waals surface area contributed by atoms with Gasteiger partial charge >= 0.3 is 0 Å². The molecule has 166 valence electrons. The Morgan fingerprint density at radius 2 is 2.03 bits per heavy atom. The summed E-state index contributed by atoms with van der Waals surface area (Å²) < 4.78 is 20.7. The molecule has 0 unspecified atom stereocenters. The molecule has 0 radical (unpaired) electrons. The number of rotatable bonds is 8. The normalized spacial score (nSPS) is 13.1. The summed E-state index contributed by atoms with van der Waals surface area (Å²) in [7, 11) is 0. The average molecular weight is 437 g/mol. The molecule has 4 rings (SSSR count). The van der Waals surface area contributed by atoms with Crippen molar-refractivity contribution in [2.45, 2.75) is 32.9 Å². The van der Waals surface area contributed by atoms with Crippen LogP contribution < -0.4 is 14.8 Å². The minimum atomic E-state index is -0.371. The molecule has 0 spiro atoms. The Morgan fingerprint density at radius 1 is 1.22 bits per heavy atom. The number of nitrogens with one attached hydrogen (secondary N) is 1. The van der Waals surface area contributed by atoms with Crippen molar-refractivity contribution in [2.75, 3.05) is 6.61 Å². The van der Waals surface area contributed by atoms with Gasteiger partial charge in [0.2, 0.25) is 6.20 Å². The quantitative estimate of drug-likeness (QED) is 0.372. The zero-order valence-corrected chi connectivity index (χ0v) is 17.8. The Morgan fingerprint density at radius 3 is 2.75 bits per heavy atom. The van der Waals surface area contributed by atoms with Crippen molar-refractivity contribution >= 4 is 5.91 Å². The van der Waals surface area contributed by atoms with Crippen LogP contribution >= 0.6 is 0 Å². The van der Waals surface area contributed by atoms with E-state index in [0.29, 0.717) is 51.8 Å². The van der Waals surface area contributed by atoms with E-state index in [1.165, 1.54) is 12.3 Å². The summed E-state index contributed by atoms with van der Waals surface area (Å²) in [5.74, 6) is 0.264. The summed E-state index contributed by atoms with van der Waals surface area (Å²) >= 11 is 0. The molecule has 0 atom stereocenters. The number of pyridine rings is 1. The second kappa shape index (κ2) is 9.36. The van der Waals surface area contributed by atoms with Crippen molar-refractivity contribution in [2.24, 2.45) is 5.92 Å². The highest BCUT2D eigenvalue weighted by molar-refractivity contribution is 5.98. The van der Waals surface area contributed by atoms with Crippen molar-refractivity contribution in [1.29, 1.82) is 0 Å². The van der Waals surface area contributed by atoms with Gasteiger partial charge in [-0.15, -0.1) is 0 Å². The molecule has 0 bridgehead atoms. The summed E-state index contributed by atoms with van der Waals surface area (Å²) in [6.07, 6.45) is 3.69. The van der Waals surface area contributed by atoms with Gasteiger partial charge in [0.1, 0.15) is 11.6 Å². The predicted molar refractivity (Wildman–Crippen MR) is 116 cm³/mol. The van der Waals surface area contributed by atoms with Crippen LogP contribution in [-0.2, 0) is 13.2 Å². The lowest BCUT2D eigenvalue weighted by atomic mass is 10.0. The zero-order valence-electron chi connectivity index (χ0n) is 17.8. The first kappa shape index (κ1) is 21.8. The molecule has 3 N–H and O–H groups in total. The summed E-state index contributed by atoms with van der Waals surface area (Å²) in [5, 5.41) is 22.8. The summed E-state index contributed by atoms with van der Waals surface area (Å²) in [6.45, 7) is 2.12. The van der Waals surface area contributed by atoms with Crippen molar-refractivity contribution in [1.82, 2.24) is 5.32 Å². The number of amides is 1. The number of aryl methyl sites for hydroxylation is 1. The molecule has 7 heteroatoms. The SMILES string of the molecule is Cc1ccc(CNC(=O)c2cc(-c3c(CO)ccc[n+]3O)ccc2OCC2CC2)cc1F. The number of ether oxygens (including phenoxy) is 1. The largest absolute Gasteiger partial charge is 0.492 e. The molecular formula is C25H26FN2O4+. The molecule has 1 aromatic heterocycles. The van der Waals surface area contributed by atoms with Crippen molar-refractivity contribution in [3.8, 4) is 17.0 Å². The van der Waals surface area contributed by atoms with E-state index < -0.39 is 0 Å². The van der Waals surface area contributed by atoms with Gasteiger partial charge in [0, 0.05) is 17.3 Å².